The molecule has 0 bridgehead atoms. The summed E-state index contributed by atoms with van der Waals surface area (Å²) in [5.41, 5.74) is 0.413. The number of rotatable bonds is 4. The van der Waals surface area contributed by atoms with Crippen LogP contribution in [0.3, 0.4) is 0 Å². The Morgan fingerprint density at radius 1 is 1.25 bits per heavy atom. The molecule has 0 aliphatic carbocycles. The molecule has 16 heavy (non-hydrogen) atoms. The molecule has 4 heteroatoms. The van der Waals surface area contributed by atoms with Gasteiger partial charge >= 0.3 is 0 Å². The molecule has 0 saturated carbocycles. The molecule has 90 valence electrons. The molecule has 0 spiro atoms. The smallest absolute Gasteiger partial charge is 0.145 e. The van der Waals surface area contributed by atoms with Crippen molar-refractivity contribution < 1.29 is 8.78 Å². The van der Waals surface area contributed by atoms with Crippen molar-refractivity contribution in [1.29, 1.82) is 0 Å². The largest absolute Gasteiger partial charge is 0.205 e. The highest BCUT2D eigenvalue weighted by Gasteiger charge is 2.23. The standard InChI is InChI=1S/C12H15ClF2S/c1-12(2,4-5-16-3)8-6-9(14)11(13)10(15)7-8/h6-7H,4-5H2,1-3H3. The van der Waals surface area contributed by atoms with Gasteiger partial charge in [0.05, 0.1) is 0 Å². The van der Waals surface area contributed by atoms with Crippen molar-refractivity contribution in [3.8, 4) is 0 Å². The van der Waals surface area contributed by atoms with Gasteiger partial charge in [-0.05, 0) is 41.5 Å². The van der Waals surface area contributed by atoms with E-state index in [1.807, 2.05) is 20.1 Å². The third-order valence-corrected chi connectivity index (χ3v) is 3.67. The Morgan fingerprint density at radius 2 is 1.75 bits per heavy atom. The molecule has 0 fully saturated rings. The van der Waals surface area contributed by atoms with E-state index in [0.717, 1.165) is 12.2 Å². The molecular formula is C12H15ClF2S. The second-order valence-electron chi connectivity index (χ2n) is 4.38. The average Bonchev–Trinajstić information content (AvgIpc) is 2.22. The number of hydrogen-bond donors (Lipinski definition) is 0. The van der Waals surface area contributed by atoms with Crippen molar-refractivity contribution in [2.45, 2.75) is 25.7 Å². The van der Waals surface area contributed by atoms with E-state index in [4.69, 9.17) is 11.6 Å². The fraction of sp³-hybridized carbons (Fsp3) is 0.500. The van der Waals surface area contributed by atoms with E-state index < -0.39 is 16.7 Å². The Kier molecular flexibility index (Phi) is 4.62. The summed E-state index contributed by atoms with van der Waals surface area (Å²) in [6.07, 6.45) is 2.88. The van der Waals surface area contributed by atoms with E-state index in [-0.39, 0.29) is 5.41 Å². The normalized spacial score (nSPS) is 11.9. The average molecular weight is 265 g/mol. The molecule has 1 rings (SSSR count). The molecule has 1 aromatic carbocycles. The van der Waals surface area contributed by atoms with Gasteiger partial charge in [-0.1, -0.05) is 25.4 Å². The first kappa shape index (κ1) is 13.8. The highest BCUT2D eigenvalue weighted by molar-refractivity contribution is 7.98. The monoisotopic (exact) mass is 264 g/mol. The van der Waals surface area contributed by atoms with Crippen LogP contribution in [-0.4, -0.2) is 12.0 Å². The van der Waals surface area contributed by atoms with Crippen LogP contribution in [0.5, 0.6) is 0 Å². The van der Waals surface area contributed by atoms with Gasteiger partial charge in [-0.2, -0.15) is 11.8 Å². The molecule has 0 nitrogen and oxygen atoms in total. The van der Waals surface area contributed by atoms with Crippen LogP contribution in [0.1, 0.15) is 25.8 Å². The highest BCUT2D eigenvalue weighted by atomic mass is 35.5. The van der Waals surface area contributed by atoms with Gasteiger partial charge in [0.15, 0.2) is 0 Å². The molecular weight excluding hydrogens is 250 g/mol. The van der Waals surface area contributed by atoms with Gasteiger partial charge in [0.2, 0.25) is 0 Å². The van der Waals surface area contributed by atoms with Gasteiger partial charge in [0.25, 0.3) is 0 Å². The summed E-state index contributed by atoms with van der Waals surface area (Å²) < 4.78 is 26.6. The molecule has 1 aromatic rings. The van der Waals surface area contributed by atoms with Crippen molar-refractivity contribution in [3.05, 3.63) is 34.4 Å². The lowest BCUT2D eigenvalue weighted by atomic mass is 9.82. The van der Waals surface area contributed by atoms with Crippen LogP contribution < -0.4 is 0 Å². The van der Waals surface area contributed by atoms with Crippen LogP contribution in [0.25, 0.3) is 0 Å². The molecule has 0 aromatic heterocycles. The van der Waals surface area contributed by atoms with E-state index in [1.54, 1.807) is 11.8 Å². The SMILES string of the molecule is CSCCC(C)(C)c1cc(F)c(Cl)c(F)c1. The third-order valence-electron chi connectivity index (χ3n) is 2.70. The maximum Gasteiger partial charge on any atom is 0.145 e. The Hall–Kier alpha value is -0.280. The number of halogens is 3. The molecule has 0 aliphatic rings. The van der Waals surface area contributed by atoms with Gasteiger partial charge in [-0.25, -0.2) is 8.78 Å². The van der Waals surface area contributed by atoms with Gasteiger partial charge in [0, 0.05) is 0 Å². The maximum absolute atomic E-state index is 13.3. The van der Waals surface area contributed by atoms with Crippen LogP contribution in [0.4, 0.5) is 8.78 Å². The van der Waals surface area contributed by atoms with Gasteiger partial charge in [-0.15, -0.1) is 0 Å². The van der Waals surface area contributed by atoms with Crippen LogP contribution in [0.2, 0.25) is 5.02 Å². The highest BCUT2D eigenvalue weighted by Crippen LogP contribution is 2.31. The summed E-state index contributed by atoms with van der Waals surface area (Å²) in [6, 6.07) is 2.65. The number of thioether (sulfide) groups is 1. The van der Waals surface area contributed by atoms with E-state index in [1.165, 1.54) is 12.1 Å². The summed E-state index contributed by atoms with van der Waals surface area (Å²) in [5, 5.41) is -0.426. The summed E-state index contributed by atoms with van der Waals surface area (Å²) in [6.45, 7) is 3.96. The predicted octanol–water partition coefficient (Wildman–Crippen LogP) is 4.65. The molecule has 0 saturated heterocycles. The summed E-state index contributed by atoms with van der Waals surface area (Å²) in [4.78, 5) is 0. The molecule has 0 aliphatic heterocycles. The Bertz CT molecular complexity index is 354. The second-order valence-corrected chi connectivity index (χ2v) is 5.74. The van der Waals surface area contributed by atoms with E-state index >= 15 is 0 Å². The molecule has 0 amide bonds. The second kappa shape index (κ2) is 5.37. The minimum atomic E-state index is -0.686. The minimum absolute atomic E-state index is 0.241. The summed E-state index contributed by atoms with van der Waals surface area (Å²) in [5.74, 6) is -0.415. The topological polar surface area (TPSA) is 0 Å². The quantitative estimate of drug-likeness (QED) is 0.714. The predicted molar refractivity (Wildman–Crippen MR) is 67.4 cm³/mol. The number of benzene rings is 1. The zero-order valence-electron chi connectivity index (χ0n) is 9.61. The van der Waals surface area contributed by atoms with E-state index in [0.29, 0.717) is 5.56 Å². The van der Waals surface area contributed by atoms with E-state index in [2.05, 4.69) is 0 Å². The number of hydrogen-bond acceptors (Lipinski definition) is 1. The molecule has 0 radical (unpaired) electrons. The van der Waals surface area contributed by atoms with Gasteiger partial charge < -0.3 is 0 Å². The van der Waals surface area contributed by atoms with Crippen LogP contribution in [0, 0.1) is 11.6 Å². The fourth-order valence-electron chi connectivity index (χ4n) is 1.45. The van der Waals surface area contributed by atoms with Gasteiger partial charge in [-0.3, -0.25) is 0 Å². The van der Waals surface area contributed by atoms with Crippen LogP contribution in [0.15, 0.2) is 12.1 Å². The first-order valence-corrected chi connectivity index (χ1v) is 6.79. The van der Waals surface area contributed by atoms with E-state index in [9.17, 15) is 8.78 Å². The molecule has 0 N–H and O–H groups in total. The van der Waals surface area contributed by atoms with Gasteiger partial charge in [0.1, 0.15) is 16.7 Å². The summed E-state index contributed by atoms with van der Waals surface area (Å²) >= 11 is 7.17. The fourth-order valence-corrected chi connectivity index (χ4v) is 2.27. The maximum atomic E-state index is 13.3. The first-order chi connectivity index (χ1) is 7.38. The third kappa shape index (κ3) is 3.11. The summed E-state index contributed by atoms with van der Waals surface area (Å²) in [7, 11) is 0. The van der Waals surface area contributed by atoms with Crippen molar-refractivity contribution >= 4 is 23.4 Å². The lowest BCUT2D eigenvalue weighted by molar-refractivity contribution is 0.495. The lowest BCUT2D eigenvalue weighted by Gasteiger charge is -2.25. The Morgan fingerprint density at radius 3 is 2.19 bits per heavy atom. The van der Waals surface area contributed by atoms with Crippen molar-refractivity contribution in [1.82, 2.24) is 0 Å². The first-order valence-electron chi connectivity index (χ1n) is 5.02. The zero-order valence-corrected chi connectivity index (χ0v) is 11.2. The Labute approximate surface area is 104 Å². The van der Waals surface area contributed by atoms with Crippen molar-refractivity contribution in [2.75, 3.05) is 12.0 Å². The molecule has 0 heterocycles. The zero-order chi connectivity index (χ0) is 12.3. The van der Waals surface area contributed by atoms with Crippen LogP contribution >= 0.6 is 23.4 Å². The molecule has 0 unspecified atom stereocenters. The van der Waals surface area contributed by atoms with Crippen molar-refractivity contribution in [2.24, 2.45) is 0 Å². The molecule has 0 atom stereocenters. The van der Waals surface area contributed by atoms with Crippen molar-refractivity contribution in [3.63, 3.8) is 0 Å². The minimum Gasteiger partial charge on any atom is -0.205 e. The van der Waals surface area contributed by atoms with Crippen LogP contribution in [-0.2, 0) is 5.41 Å². The lowest BCUT2D eigenvalue weighted by Crippen LogP contribution is -2.18. The Balaban J connectivity index is 3.03.